The van der Waals surface area contributed by atoms with Crippen LogP contribution in [-0.2, 0) is 9.53 Å². The van der Waals surface area contributed by atoms with Gasteiger partial charge >= 0.3 is 5.97 Å². The van der Waals surface area contributed by atoms with Gasteiger partial charge in [0.15, 0.2) is 0 Å². The molecule has 0 bridgehead atoms. The van der Waals surface area contributed by atoms with Crippen molar-refractivity contribution in [2.45, 2.75) is 77.7 Å². The van der Waals surface area contributed by atoms with Crippen LogP contribution in [0.3, 0.4) is 0 Å². The van der Waals surface area contributed by atoms with Crippen LogP contribution in [0.1, 0.15) is 71.6 Å². The Bertz CT molecular complexity index is 199. The zero-order valence-electron chi connectivity index (χ0n) is 11.5. The van der Waals surface area contributed by atoms with Gasteiger partial charge in [-0.25, -0.2) is 4.79 Å². The molecule has 0 aromatic rings. The number of carbonyl (C=O) groups is 1. The lowest BCUT2D eigenvalue weighted by molar-refractivity contribution is -0.143. The molecule has 1 unspecified atom stereocenters. The van der Waals surface area contributed by atoms with E-state index >= 15 is 0 Å². The Morgan fingerprint density at radius 2 is 1.65 bits per heavy atom. The number of hydrogen-bond donors (Lipinski definition) is 0. The fourth-order valence-corrected chi connectivity index (χ4v) is 1.88. The molecule has 2 nitrogen and oxygen atoms in total. The van der Waals surface area contributed by atoms with E-state index in [1.54, 1.807) is 0 Å². The number of unbranched alkanes of at least 4 members (excludes halogenated alkanes) is 5. The Labute approximate surface area is 106 Å². The van der Waals surface area contributed by atoms with E-state index in [2.05, 4.69) is 20.4 Å². The van der Waals surface area contributed by atoms with Gasteiger partial charge in [-0.3, -0.25) is 0 Å². The number of hydrogen-bond acceptors (Lipinski definition) is 2. The number of rotatable bonds is 11. The van der Waals surface area contributed by atoms with Crippen molar-refractivity contribution in [2.24, 2.45) is 0 Å². The standard InChI is InChI=1S/C15H28O2/c1-4-7-9-10-11-13-14(12-8-5-2)17-15(16)6-3/h6,14H,3-5,7-13H2,1-2H3. The van der Waals surface area contributed by atoms with Crippen LogP contribution in [0.2, 0.25) is 0 Å². The number of ether oxygens (including phenoxy) is 1. The molecule has 0 rings (SSSR count). The summed E-state index contributed by atoms with van der Waals surface area (Å²) >= 11 is 0. The van der Waals surface area contributed by atoms with E-state index in [0.29, 0.717) is 0 Å². The van der Waals surface area contributed by atoms with Crippen molar-refractivity contribution in [2.75, 3.05) is 0 Å². The van der Waals surface area contributed by atoms with Crippen LogP contribution in [0.15, 0.2) is 12.7 Å². The highest BCUT2D eigenvalue weighted by atomic mass is 16.5. The summed E-state index contributed by atoms with van der Waals surface area (Å²) in [5.74, 6) is -0.278. The number of carbonyl (C=O) groups excluding carboxylic acids is 1. The highest BCUT2D eigenvalue weighted by Crippen LogP contribution is 2.14. The van der Waals surface area contributed by atoms with Gasteiger partial charge in [-0.05, 0) is 19.3 Å². The quantitative estimate of drug-likeness (QED) is 0.299. The molecule has 0 fully saturated rings. The molecule has 0 spiro atoms. The Kier molecular flexibility index (Phi) is 11.1. The van der Waals surface area contributed by atoms with Crippen molar-refractivity contribution in [3.63, 3.8) is 0 Å². The highest BCUT2D eigenvalue weighted by Gasteiger charge is 2.11. The minimum atomic E-state index is -0.278. The van der Waals surface area contributed by atoms with E-state index in [1.807, 2.05) is 0 Å². The largest absolute Gasteiger partial charge is 0.459 e. The molecule has 0 heterocycles. The van der Waals surface area contributed by atoms with Gasteiger partial charge in [0.2, 0.25) is 0 Å². The monoisotopic (exact) mass is 240 g/mol. The second-order valence-electron chi connectivity index (χ2n) is 4.61. The molecule has 0 aromatic carbocycles. The van der Waals surface area contributed by atoms with Crippen molar-refractivity contribution in [3.8, 4) is 0 Å². The summed E-state index contributed by atoms with van der Waals surface area (Å²) in [4.78, 5) is 11.2. The minimum Gasteiger partial charge on any atom is -0.459 e. The van der Waals surface area contributed by atoms with Gasteiger partial charge in [0.1, 0.15) is 6.10 Å². The predicted molar refractivity (Wildman–Crippen MR) is 73.0 cm³/mol. The first-order chi connectivity index (χ1) is 8.24. The van der Waals surface area contributed by atoms with Crippen molar-refractivity contribution < 1.29 is 9.53 Å². The molecule has 0 amide bonds. The summed E-state index contributed by atoms with van der Waals surface area (Å²) < 4.78 is 5.35. The first-order valence-electron chi connectivity index (χ1n) is 7.07. The third kappa shape index (κ3) is 10.1. The summed E-state index contributed by atoms with van der Waals surface area (Å²) in [6.07, 6.45) is 11.9. The van der Waals surface area contributed by atoms with E-state index in [-0.39, 0.29) is 12.1 Å². The molecule has 0 aromatic heterocycles. The fraction of sp³-hybridized carbons (Fsp3) is 0.800. The smallest absolute Gasteiger partial charge is 0.330 e. The number of esters is 1. The normalized spacial score (nSPS) is 12.1. The molecular weight excluding hydrogens is 212 g/mol. The zero-order valence-corrected chi connectivity index (χ0v) is 11.5. The summed E-state index contributed by atoms with van der Waals surface area (Å²) in [7, 11) is 0. The predicted octanol–water partition coefficient (Wildman–Crippen LogP) is 4.63. The molecule has 0 aliphatic heterocycles. The van der Waals surface area contributed by atoms with Crippen LogP contribution in [0.4, 0.5) is 0 Å². The average Bonchev–Trinajstić information content (AvgIpc) is 2.35. The van der Waals surface area contributed by atoms with Crippen LogP contribution < -0.4 is 0 Å². The van der Waals surface area contributed by atoms with Gasteiger partial charge in [0.05, 0.1) is 0 Å². The third-order valence-electron chi connectivity index (χ3n) is 2.96. The van der Waals surface area contributed by atoms with Gasteiger partial charge in [0, 0.05) is 6.08 Å². The van der Waals surface area contributed by atoms with Crippen molar-refractivity contribution in [3.05, 3.63) is 12.7 Å². The van der Waals surface area contributed by atoms with Crippen LogP contribution in [0.5, 0.6) is 0 Å². The molecule has 0 N–H and O–H groups in total. The lowest BCUT2D eigenvalue weighted by Crippen LogP contribution is -2.16. The maximum Gasteiger partial charge on any atom is 0.330 e. The first-order valence-corrected chi connectivity index (χ1v) is 7.07. The topological polar surface area (TPSA) is 26.3 Å². The van der Waals surface area contributed by atoms with E-state index in [1.165, 1.54) is 38.2 Å². The van der Waals surface area contributed by atoms with E-state index in [4.69, 9.17) is 4.74 Å². The van der Waals surface area contributed by atoms with Crippen LogP contribution in [-0.4, -0.2) is 12.1 Å². The van der Waals surface area contributed by atoms with Gasteiger partial charge in [-0.1, -0.05) is 59.0 Å². The van der Waals surface area contributed by atoms with Gasteiger partial charge in [-0.15, -0.1) is 0 Å². The molecule has 0 aliphatic carbocycles. The Morgan fingerprint density at radius 3 is 2.24 bits per heavy atom. The second-order valence-corrected chi connectivity index (χ2v) is 4.61. The lowest BCUT2D eigenvalue weighted by atomic mass is 10.0. The Hall–Kier alpha value is -0.790. The third-order valence-corrected chi connectivity index (χ3v) is 2.96. The molecule has 0 radical (unpaired) electrons. The Morgan fingerprint density at radius 1 is 1.06 bits per heavy atom. The molecule has 1 atom stereocenters. The Balaban J connectivity index is 3.76. The molecular formula is C15H28O2. The van der Waals surface area contributed by atoms with Crippen LogP contribution in [0.25, 0.3) is 0 Å². The van der Waals surface area contributed by atoms with E-state index in [0.717, 1.165) is 25.7 Å². The van der Waals surface area contributed by atoms with Crippen molar-refractivity contribution in [1.29, 1.82) is 0 Å². The minimum absolute atomic E-state index is 0.0991. The lowest BCUT2D eigenvalue weighted by Gasteiger charge is -2.16. The highest BCUT2D eigenvalue weighted by molar-refractivity contribution is 5.81. The van der Waals surface area contributed by atoms with E-state index in [9.17, 15) is 4.79 Å². The van der Waals surface area contributed by atoms with Crippen molar-refractivity contribution >= 4 is 5.97 Å². The summed E-state index contributed by atoms with van der Waals surface area (Å²) in [6, 6.07) is 0. The van der Waals surface area contributed by atoms with Crippen LogP contribution in [0, 0.1) is 0 Å². The molecule has 0 saturated heterocycles. The zero-order chi connectivity index (χ0) is 12.9. The maximum atomic E-state index is 11.2. The average molecular weight is 240 g/mol. The maximum absolute atomic E-state index is 11.2. The summed E-state index contributed by atoms with van der Waals surface area (Å²) in [5, 5.41) is 0. The summed E-state index contributed by atoms with van der Waals surface area (Å²) in [5.41, 5.74) is 0. The molecule has 0 saturated carbocycles. The van der Waals surface area contributed by atoms with Gasteiger partial charge in [0.25, 0.3) is 0 Å². The van der Waals surface area contributed by atoms with Gasteiger partial charge in [-0.2, -0.15) is 0 Å². The second kappa shape index (κ2) is 11.7. The molecule has 17 heavy (non-hydrogen) atoms. The fourth-order valence-electron chi connectivity index (χ4n) is 1.88. The van der Waals surface area contributed by atoms with E-state index < -0.39 is 0 Å². The molecule has 0 aliphatic rings. The first kappa shape index (κ1) is 16.2. The molecule has 100 valence electrons. The molecule has 2 heteroatoms. The SMILES string of the molecule is C=CC(=O)OC(CCCC)CCCCCCC. The van der Waals surface area contributed by atoms with Crippen molar-refractivity contribution in [1.82, 2.24) is 0 Å². The van der Waals surface area contributed by atoms with Crippen LogP contribution >= 0.6 is 0 Å². The van der Waals surface area contributed by atoms with Gasteiger partial charge < -0.3 is 4.74 Å². The summed E-state index contributed by atoms with van der Waals surface area (Å²) in [6.45, 7) is 7.82.